The number of pyridine rings is 1. The monoisotopic (exact) mass is 429 g/mol. The van der Waals surface area contributed by atoms with Crippen LogP contribution in [-0.4, -0.2) is 36.1 Å². The van der Waals surface area contributed by atoms with E-state index in [1.165, 1.54) is 12.0 Å². The highest BCUT2D eigenvalue weighted by Crippen LogP contribution is 2.27. The minimum Gasteiger partial charge on any atom is -0.384 e. The van der Waals surface area contributed by atoms with Crippen LogP contribution in [0.5, 0.6) is 0 Å². The first kappa shape index (κ1) is 21.9. The summed E-state index contributed by atoms with van der Waals surface area (Å²) in [6.07, 6.45) is 4.13. The van der Waals surface area contributed by atoms with Crippen molar-refractivity contribution in [2.24, 2.45) is 0 Å². The van der Waals surface area contributed by atoms with Crippen molar-refractivity contribution in [1.29, 1.82) is 0 Å². The first-order chi connectivity index (χ1) is 14.1. The zero-order chi connectivity index (χ0) is 20.6. The molecule has 1 heterocycles. The van der Waals surface area contributed by atoms with Gasteiger partial charge in [0.15, 0.2) is 0 Å². The maximum Gasteiger partial charge on any atom is 0.0737 e. The van der Waals surface area contributed by atoms with Crippen LogP contribution < -0.4 is 5.32 Å². The fourth-order valence-electron chi connectivity index (χ4n) is 3.73. The Bertz CT molecular complexity index is 908. The molecule has 0 radical (unpaired) electrons. The number of benzene rings is 2. The molecule has 0 saturated heterocycles. The smallest absolute Gasteiger partial charge is 0.0737 e. The molecule has 0 spiro atoms. The lowest BCUT2D eigenvalue weighted by atomic mass is 9.93. The van der Waals surface area contributed by atoms with E-state index in [2.05, 4.69) is 41.2 Å². The van der Waals surface area contributed by atoms with E-state index in [0.29, 0.717) is 10.9 Å². The number of halogens is 2. The highest BCUT2D eigenvalue weighted by molar-refractivity contribution is 6.31. The Morgan fingerprint density at radius 3 is 2.41 bits per heavy atom. The maximum atomic E-state index is 6.12. The Balaban J connectivity index is 1.73. The van der Waals surface area contributed by atoms with Crippen LogP contribution in [0, 0.1) is 0 Å². The number of hydrogen-bond donors (Lipinski definition) is 1. The third-order valence-corrected chi connectivity index (χ3v) is 5.99. The van der Waals surface area contributed by atoms with E-state index in [1.54, 1.807) is 0 Å². The highest BCUT2D eigenvalue weighted by Gasteiger charge is 2.13. The number of rotatable bonds is 10. The van der Waals surface area contributed by atoms with E-state index >= 15 is 0 Å². The minimum atomic E-state index is 0.415. The average Bonchev–Trinajstić information content (AvgIpc) is 2.74. The average molecular weight is 430 g/mol. The molecule has 3 nitrogen and oxygen atoms in total. The van der Waals surface area contributed by atoms with Crippen LogP contribution in [0.3, 0.4) is 0 Å². The molecule has 0 aliphatic carbocycles. The Hall–Kier alpha value is -1.81. The first-order valence-electron chi connectivity index (χ1n) is 10.4. The van der Waals surface area contributed by atoms with Crippen molar-refractivity contribution >= 4 is 39.8 Å². The molecule has 0 bridgehead atoms. The van der Waals surface area contributed by atoms with Gasteiger partial charge >= 0.3 is 0 Å². The summed E-state index contributed by atoms with van der Waals surface area (Å²) in [4.78, 5) is 6.92. The van der Waals surface area contributed by atoms with Crippen molar-refractivity contribution in [3.05, 3.63) is 70.3 Å². The Labute approximate surface area is 184 Å². The van der Waals surface area contributed by atoms with Crippen LogP contribution in [0.2, 0.25) is 10.0 Å². The van der Waals surface area contributed by atoms with Gasteiger partial charge in [-0.1, -0.05) is 49.2 Å². The Kier molecular flexibility index (Phi) is 8.17. The summed E-state index contributed by atoms with van der Waals surface area (Å²) in [6.45, 7) is 8.65. The lowest BCUT2D eigenvalue weighted by Crippen LogP contribution is -2.24. The molecule has 0 unspecified atom stereocenters. The molecule has 2 aromatic carbocycles. The zero-order valence-electron chi connectivity index (χ0n) is 17.2. The maximum absolute atomic E-state index is 6.12. The molecule has 0 fully saturated rings. The van der Waals surface area contributed by atoms with E-state index in [-0.39, 0.29) is 0 Å². The Morgan fingerprint density at radius 2 is 1.69 bits per heavy atom. The minimum absolute atomic E-state index is 0.415. The van der Waals surface area contributed by atoms with E-state index in [9.17, 15) is 0 Å². The van der Waals surface area contributed by atoms with E-state index in [0.717, 1.165) is 54.2 Å². The summed E-state index contributed by atoms with van der Waals surface area (Å²) in [5, 5.41) is 6.23. The van der Waals surface area contributed by atoms with Crippen LogP contribution in [0.1, 0.15) is 38.2 Å². The van der Waals surface area contributed by atoms with Gasteiger partial charge in [0.25, 0.3) is 0 Å². The van der Waals surface area contributed by atoms with Gasteiger partial charge in [-0.15, -0.1) is 0 Å². The van der Waals surface area contributed by atoms with Gasteiger partial charge in [0.1, 0.15) is 0 Å². The molecule has 29 heavy (non-hydrogen) atoms. The van der Waals surface area contributed by atoms with Crippen LogP contribution in [0.25, 0.3) is 10.9 Å². The molecule has 3 rings (SSSR count). The van der Waals surface area contributed by atoms with Crippen molar-refractivity contribution in [3.63, 3.8) is 0 Å². The van der Waals surface area contributed by atoms with Crippen LogP contribution in [-0.2, 0) is 0 Å². The van der Waals surface area contributed by atoms with Gasteiger partial charge in [-0.3, -0.25) is 4.98 Å². The second-order valence-electron chi connectivity index (χ2n) is 7.32. The molecule has 1 N–H and O–H groups in total. The van der Waals surface area contributed by atoms with Gasteiger partial charge in [-0.25, -0.2) is 0 Å². The molecule has 0 aliphatic heterocycles. The fraction of sp³-hybridized carbons (Fsp3) is 0.375. The highest BCUT2D eigenvalue weighted by atomic mass is 35.5. The predicted molar refractivity (Wildman–Crippen MR) is 126 cm³/mol. The van der Waals surface area contributed by atoms with Crippen LogP contribution >= 0.6 is 23.2 Å². The number of aromatic nitrogens is 1. The Morgan fingerprint density at radius 1 is 0.966 bits per heavy atom. The molecule has 1 atom stereocenters. The number of nitrogens with one attached hydrogen (secondary N) is 1. The van der Waals surface area contributed by atoms with Gasteiger partial charge < -0.3 is 10.2 Å². The first-order valence-corrected chi connectivity index (χ1v) is 11.1. The molecule has 154 valence electrons. The SMILES string of the molecule is CCN(CC)CCC[C@H](CNc1ccnc2cc(Cl)ccc12)c1ccc(Cl)cc1. The van der Waals surface area contributed by atoms with Crippen LogP contribution in [0.4, 0.5) is 5.69 Å². The van der Waals surface area contributed by atoms with Crippen molar-refractivity contribution in [2.45, 2.75) is 32.6 Å². The number of fused-ring (bicyclic) bond motifs is 1. The molecule has 1 aromatic heterocycles. The molecular weight excluding hydrogens is 401 g/mol. The molecule has 0 aliphatic rings. The molecule has 0 amide bonds. The topological polar surface area (TPSA) is 28.2 Å². The zero-order valence-corrected chi connectivity index (χ0v) is 18.7. The van der Waals surface area contributed by atoms with Crippen molar-refractivity contribution in [3.8, 4) is 0 Å². The van der Waals surface area contributed by atoms with E-state index in [4.69, 9.17) is 23.2 Å². The van der Waals surface area contributed by atoms with Gasteiger partial charge in [0, 0.05) is 39.8 Å². The normalized spacial score (nSPS) is 12.4. The van der Waals surface area contributed by atoms with Gasteiger partial charge in [0.05, 0.1) is 5.52 Å². The third kappa shape index (κ3) is 6.08. The van der Waals surface area contributed by atoms with Crippen LogP contribution in [0.15, 0.2) is 54.7 Å². The summed E-state index contributed by atoms with van der Waals surface area (Å²) in [5.74, 6) is 0.415. The molecule has 0 saturated carbocycles. The van der Waals surface area contributed by atoms with E-state index < -0.39 is 0 Å². The van der Waals surface area contributed by atoms with E-state index in [1.807, 2.05) is 42.6 Å². The second kappa shape index (κ2) is 10.8. The quantitative estimate of drug-likeness (QED) is 0.381. The molecular formula is C24H29Cl2N3. The number of nitrogens with zero attached hydrogens (tertiary/aromatic N) is 2. The second-order valence-corrected chi connectivity index (χ2v) is 8.19. The standard InChI is InChI=1S/C24H29Cl2N3/c1-3-29(4-2)15-5-6-19(18-7-9-20(25)10-8-18)17-28-23-13-14-27-24-16-21(26)11-12-22(23)24/h7-14,16,19H,3-6,15,17H2,1-2H3,(H,27,28)/t19-/m1/s1. The van der Waals surface area contributed by atoms with Crippen molar-refractivity contribution in [1.82, 2.24) is 9.88 Å². The summed E-state index contributed by atoms with van der Waals surface area (Å²) in [6, 6.07) is 16.2. The summed E-state index contributed by atoms with van der Waals surface area (Å²) in [7, 11) is 0. The molecule has 3 aromatic rings. The number of anilines is 1. The lowest BCUT2D eigenvalue weighted by molar-refractivity contribution is 0.293. The van der Waals surface area contributed by atoms with Crippen molar-refractivity contribution < 1.29 is 0 Å². The number of hydrogen-bond acceptors (Lipinski definition) is 3. The molecule has 5 heteroatoms. The largest absolute Gasteiger partial charge is 0.384 e. The van der Waals surface area contributed by atoms with Gasteiger partial charge in [-0.2, -0.15) is 0 Å². The predicted octanol–water partition coefficient (Wildman–Crippen LogP) is 6.86. The lowest BCUT2D eigenvalue weighted by Gasteiger charge is -2.22. The van der Waals surface area contributed by atoms with Gasteiger partial charge in [-0.05, 0) is 74.4 Å². The fourth-order valence-corrected chi connectivity index (χ4v) is 4.02. The third-order valence-electron chi connectivity index (χ3n) is 5.51. The summed E-state index contributed by atoms with van der Waals surface area (Å²) in [5.41, 5.74) is 3.32. The summed E-state index contributed by atoms with van der Waals surface area (Å²) < 4.78 is 0. The van der Waals surface area contributed by atoms with Gasteiger partial charge in [0.2, 0.25) is 0 Å². The van der Waals surface area contributed by atoms with Crippen molar-refractivity contribution in [2.75, 3.05) is 31.5 Å². The summed E-state index contributed by atoms with van der Waals surface area (Å²) >= 11 is 12.2.